The molecule has 0 unspecified atom stereocenters. The van der Waals surface area contributed by atoms with Crippen molar-refractivity contribution in [3.8, 4) is 5.88 Å². The topological polar surface area (TPSA) is 178 Å². The van der Waals surface area contributed by atoms with E-state index in [1.54, 1.807) is 0 Å². The summed E-state index contributed by atoms with van der Waals surface area (Å²) in [6.45, 7) is -0.618. The van der Waals surface area contributed by atoms with Gasteiger partial charge in [0, 0.05) is 13.3 Å². The molecule has 0 aromatic carbocycles. The van der Waals surface area contributed by atoms with Gasteiger partial charge in [0.05, 0.1) is 6.61 Å². The normalized spacial score (nSPS) is 31.6. The number of H-pyrrole nitrogens is 1. The maximum Gasteiger partial charge on any atom is 0.330 e. The van der Waals surface area contributed by atoms with E-state index in [0.29, 0.717) is 0 Å². The van der Waals surface area contributed by atoms with Crippen LogP contribution in [-0.4, -0.2) is 78.5 Å². The molecule has 1 aliphatic heterocycles. The van der Waals surface area contributed by atoms with Gasteiger partial charge in [-0.15, -0.1) is 0 Å². The number of aliphatic hydroxyl groups excluding tert-OH is 4. The van der Waals surface area contributed by atoms with Crippen LogP contribution in [0.3, 0.4) is 0 Å². The number of aliphatic imine (C=N–C) groups is 1. The van der Waals surface area contributed by atoms with E-state index < -0.39 is 54.4 Å². The van der Waals surface area contributed by atoms with E-state index in [1.165, 1.54) is 7.05 Å². The fraction of sp³-hybridized carbons (Fsp3) is 0.583. The molecule has 2 heterocycles. The van der Waals surface area contributed by atoms with Crippen molar-refractivity contribution < 1.29 is 30.3 Å². The van der Waals surface area contributed by atoms with Crippen LogP contribution in [0.5, 0.6) is 5.88 Å². The Labute approximate surface area is 128 Å². The summed E-state index contributed by atoms with van der Waals surface area (Å²) in [6, 6.07) is -1.36. The number of hydrogen-bond donors (Lipinski definition) is 6. The number of aromatic amines is 1. The molecule has 11 nitrogen and oxygen atoms in total. The van der Waals surface area contributed by atoms with E-state index in [1.807, 2.05) is 4.98 Å². The van der Waals surface area contributed by atoms with Gasteiger partial charge < -0.3 is 30.3 Å². The molecule has 1 fully saturated rings. The highest BCUT2D eigenvalue weighted by molar-refractivity contribution is 5.82. The van der Waals surface area contributed by atoms with Crippen molar-refractivity contribution >= 4 is 6.21 Å². The predicted octanol–water partition coefficient (Wildman–Crippen LogP) is -4.00. The molecule has 6 N–H and O–H groups in total. The first kappa shape index (κ1) is 17.3. The molecule has 0 aliphatic carbocycles. The molecule has 1 aromatic rings. The van der Waals surface area contributed by atoms with Gasteiger partial charge in [-0.3, -0.25) is 19.3 Å². The number of nitrogens with one attached hydrogen (secondary N) is 1. The molecule has 0 radical (unpaired) electrons. The maximum absolute atomic E-state index is 11.7. The van der Waals surface area contributed by atoms with Crippen molar-refractivity contribution in [1.29, 1.82) is 0 Å². The van der Waals surface area contributed by atoms with Crippen LogP contribution in [0.1, 0.15) is 5.56 Å². The van der Waals surface area contributed by atoms with E-state index in [4.69, 9.17) is 9.84 Å². The highest BCUT2D eigenvalue weighted by Crippen LogP contribution is 2.22. The highest BCUT2D eigenvalue weighted by Gasteiger charge is 2.43. The first-order valence-corrected chi connectivity index (χ1v) is 6.64. The number of hydrogen-bond acceptors (Lipinski definition) is 9. The molecule has 128 valence electrons. The average Bonchev–Trinajstić information content (AvgIpc) is 2.51. The van der Waals surface area contributed by atoms with Gasteiger partial charge in [0.25, 0.3) is 5.56 Å². The van der Waals surface area contributed by atoms with Crippen LogP contribution in [0.4, 0.5) is 0 Å². The Balaban J connectivity index is 2.32. The Kier molecular flexibility index (Phi) is 4.97. The fourth-order valence-electron chi connectivity index (χ4n) is 2.15. The standard InChI is InChI=1S/C12H17N3O8/c1-15-10(20)4(9(19)14-12(15)22)2-13-6-8(18)7(17)5(3-16)23-11(6)21/h2,5-8,11,16-18,20-21H,3H2,1H3,(H,14,19,22)/t5-,6+,7+,8-,11-/m1/s1. The quantitative estimate of drug-likeness (QED) is 0.303. The molecular weight excluding hydrogens is 314 g/mol. The summed E-state index contributed by atoms with van der Waals surface area (Å²) in [5.41, 5.74) is -2.11. The number of rotatable bonds is 3. The molecular formula is C12H17N3O8. The monoisotopic (exact) mass is 331 g/mol. The molecule has 0 spiro atoms. The van der Waals surface area contributed by atoms with Gasteiger partial charge in [-0.25, -0.2) is 4.79 Å². The van der Waals surface area contributed by atoms with Crippen LogP contribution in [0.15, 0.2) is 14.6 Å². The number of ether oxygens (including phenoxy) is 1. The van der Waals surface area contributed by atoms with Crippen molar-refractivity contribution in [3.05, 3.63) is 26.4 Å². The van der Waals surface area contributed by atoms with Crippen LogP contribution < -0.4 is 11.2 Å². The number of nitrogens with zero attached hydrogens (tertiary/aromatic N) is 2. The van der Waals surface area contributed by atoms with E-state index in [0.717, 1.165) is 10.8 Å². The lowest BCUT2D eigenvalue weighted by Crippen LogP contribution is -2.57. The second kappa shape index (κ2) is 6.60. The smallest absolute Gasteiger partial charge is 0.330 e. The largest absolute Gasteiger partial charge is 0.494 e. The zero-order chi connectivity index (χ0) is 17.3. The van der Waals surface area contributed by atoms with Gasteiger partial charge in [0.1, 0.15) is 29.9 Å². The van der Waals surface area contributed by atoms with Gasteiger partial charge in [0.15, 0.2) is 6.29 Å². The predicted molar refractivity (Wildman–Crippen MR) is 75.3 cm³/mol. The first-order valence-electron chi connectivity index (χ1n) is 6.64. The molecule has 1 aromatic heterocycles. The van der Waals surface area contributed by atoms with Crippen molar-refractivity contribution in [1.82, 2.24) is 9.55 Å². The molecule has 23 heavy (non-hydrogen) atoms. The Hall–Kier alpha value is -2.05. The molecule has 0 bridgehead atoms. The van der Waals surface area contributed by atoms with Crippen LogP contribution in [0.2, 0.25) is 0 Å². The van der Waals surface area contributed by atoms with E-state index >= 15 is 0 Å². The molecule has 11 heteroatoms. The Morgan fingerprint density at radius 1 is 1.30 bits per heavy atom. The van der Waals surface area contributed by atoms with Gasteiger partial charge in [-0.1, -0.05) is 0 Å². The maximum atomic E-state index is 11.7. The summed E-state index contributed by atoms with van der Waals surface area (Å²) in [5, 5.41) is 48.1. The minimum absolute atomic E-state index is 0.370. The lowest BCUT2D eigenvalue weighted by atomic mass is 9.97. The lowest BCUT2D eigenvalue weighted by Gasteiger charge is -2.38. The average molecular weight is 331 g/mol. The third-order valence-corrected chi connectivity index (χ3v) is 3.57. The fourth-order valence-corrected chi connectivity index (χ4v) is 2.15. The molecule has 5 atom stereocenters. The minimum atomic E-state index is -1.64. The second-order valence-corrected chi connectivity index (χ2v) is 5.05. The Morgan fingerprint density at radius 3 is 2.57 bits per heavy atom. The zero-order valence-corrected chi connectivity index (χ0v) is 12.0. The first-order chi connectivity index (χ1) is 10.8. The molecule has 0 amide bonds. The highest BCUT2D eigenvalue weighted by atomic mass is 16.6. The van der Waals surface area contributed by atoms with Crippen LogP contribution >= 0.6 is 0 Å². The SMILES string of the molecule is Cn1c(O)c(C=N[C@H]2[C@@H](O)[C@@H](O)[C@@H](CO)O[C@H]2O)c(=O)[nH]c1=O. The number of aliphatic hydroxyl groups is 4. The summed E-state index contributed by atoms with van der Waals surface area (Å²) in [6.07, 6.45) is -5.05. The third kappa shape index (κ3) is 3.18. The summed E-state index contributed by atoms with van der Waals surface area (Å²) in [7, 11) is 1.22. The third-order valence-electron chi connectivity index (χ3n) is 3.57. The van der Waals surface area contributed by atoms with Crippen molar-refractivity contribution in [2.45, 2.75) is 30.6 Å². The zero-order valence-electron chi connectivity index (χ0n) is 12.0. The van der Waals surface area contributed by atoms with Gasteiger partial charge in [0.2, 0.25) is 5.88 Å². The molecule has 1 aliphatic rings. The summed E-state index contributed by atoms with van der Waals surface area (Å²) in [4.78, 5) is 28.6. The van der Waals surface area contributed by atoms with Gasteiger partial charge >= 0.3 is 5.69 Å². The van der Waals surface area contributed by atoms with Crippen molar-refractivity contribution in [2.24, 2.45) is 12.0 Å². The van der Waals surface area contributed by atoms with Crippen LogP contribution in [0, 0.1) is 0 Å². The van der Waals surface area contributed by atoms with Gasteiger partial charge in [-0.2, -0.15) is 0 Å². The lowest BCUT2D eigenvalue weighted by molar-refractivity contribution is -0.248. The van der Waals surface area contributed by atoms with E-state index in [9.17, 15) is 30.0 Å². The Bertz CT molecular complexity index is 711. The second-order valence-electron chi connectivity index (χ2n) is 5.05. The van der Waals surface area contributed by atoms with Gasteiger partial charge in [-0.05, 0) is 0 Å². The number of aromatic hydroxyl groups is 1. The van der Waals surface area contributed by atoms with E-state index in [2.05, 4.69) is 4.99 Å². The molecule has 0 saturated carbocycles. The number of aromatic nitrogens is 2. The van der Waals surface area contributed by atoms with Crippen LogP contribution in [-0.2, 0) is 11.8 Å². The minimum Gasteiger partial charge on any atom is -0.494 e. The molecule has 1 saturated heterocycles. The summed E-state index contributed by atoms with van der Waals surface area (Å²) >= 11 is 0. The molecule has 2 rings (SSSR count). The van der Waals surface area contributed by atoms with Crippen molar-refractivity contribution in [2.75, 3.05) is 6.61 Å². The van der Waals surface area contributed by atoms with Crippen LogP contribution in [0.25, 0.3) is 0 Å². The van der Waals surface area contributed by atoms with Crippen molar-refractivity contribution in [3.63, 3.8) is 0 Å². The Morgan fingerprint density at radius 2 is 1.96 bits per heavy atom. The summed E-state index contributed by atoms with van der Waals surface area (Å²) in [5.74, 6) is -0.656. The van der Waals surface area contributed by atoms with E-state index in [-0.39, 0.29) is 5.56 Å². The summed E-state index contributed by atoms with van der Waals surface area (Å²) < 4.78 is 5.67.